The largest absolute Gasteiger partial charge is 0.322 e. The van der Waals surface area contributed by atoms with Gasteiger partial charge >= 0.3 is 0 Å². The van der Waals surface area contributed by atoms with E-state index in [0.717, 1.165) is 38.5 Å². The molecule has 0 amide bonds. The van der Waals surface area contributed by atoms with Crippen molar-refractivity contribution in [1.82, 2.24) is 9.80 Å². The highest BCUT2D eigenvalue weighted by Gasteiger charge is 2.40. The molecular formula is C30H50N4O. The second-order valence-electron chi connectivity index (χ2n) is 11.1. The summed E-state index contributed by atoms with van der Waals surface area (Å²) in [6.45, 7) is 0. The summed E-state index contributed by atoms with van der Waals surface area (Å²) < 4.78 is 0. The van der Waals surface area contributed by atoms with Crippen LogP contribution < -0.4 is 5.73 Å². The van der Waals surface area contributed by atoms with Crippen LogP contribution in [0.2, 0.25) is 0 Å². The highest BCUT2D eigenvalue weighted by atomic mass is 16.1. The van der Waals surface area contributed by atoms with Crippen molar-refractivity contribution in [3.05, 3.63) is 35.9 Å². The average molecular weight is 483 g/mol. The van der Waals surface area contributed by atoms with Crippen LogP contribution in [0.25, 0.3) is 0 Å². The number of ketones is 1. The van der Waals surface area contributed by atoms with Crippen LogP contribution in [0.15, 0.2) is 30.3 Å². The molecule has 2 N–H and O–H groups in total. The number of hydrogen-bond acceptors (Lipinski definition) is 5. The zero-order valence-electron chi connectivity index (χ0n) is 22.9. The number of nitrogens with zero attached hydrogens (tertiary/aromatic N) is 3. The van der Waals surface area contributed by atoms with Gasteiger partial charge in [-0.1, -0.05) is 75.3 Å². The maximum atomic E-state index is 10.5. The standard InChI is InChI=1S/C15H24N2.C9H16N2.C6H10O/c1-17(2)15(11-7-4-8-12-15)14(16)13-9-5-3-6-10-13;1-11(2)9(8-10)6-4-3-5-7-9;7-6-4-2-1-3-5-6/h3,5-6,9-10,14H,4,7-8,11-12,16H2,1-2H3;3-7H2,1-2H3;1-5H2. The second kappa shape index (κ2) is 14.7. The van der Waals surface area contributed by atoms with E-state index in [1.165, 1.54) is 63.4 Å². The number of rotatable bonds is 4. The number of Topliss-reactive ketones (excluding diaryl/α,β-unsaturated/α-hetero) is 1. The van der Waals surface area contributed by atoms with E-state index in [1.54, 1.807) is 0 Å². The third kappa shape index (κ3) is 8.41. The summed E-state index contributed by atoms with van der Waals surface area (Å²) in [5.74, 6) is 0.464. The van der Waals surface area contributed by atoms with Crippen LogP contribution >= 0.6 is 0 Å². The van der Waals surface area contributed by atoms with E-state index in [-0.39, 0.29) is 17.1 Å². The van der Waals surface area contributed by atoms with E-state index in [0.29, 0.717) is 5.78 Å². The van der Waals surface area contributed by atoms with Crippen molar-refractivity contribution in [2.45, 2.75) is 113 Å². The van der Waals surface area contributed by atoms with Gasteiger partial charge in [-0.25, -0.2) is 0 Å². The van der Waals surface area contributed by atoms with Crippen molar-refractivity contribution in [1.29, 1.82) is 5.26 Å². The van der Waals surface area contributed by atoms with Crippen LogP contribution in [-0.4, -0.2) is 54.9 Å². The molecule has 196 valence electrons. The van der Waals surface area contributed by atoms with Gasteiger partial charge in [0.1, 0.15) is 11.3 Å². The minimum absolute atomic E-state index is 0.124. The normalized spacial score (nSPS) is 22.2. The van der Waals surface area contributed by atoms with Gasteiger partial charge in [-0.3, -0.25) is 9.69 Å². The van der Waals surface area contributed by atoms with Crippen LogP contribution in [0, 0.1) is 11.3 Å². The summed E-state index contributed by atoms with van der Waals surface area (Å²) >= 11 is 0. The van der Waals surface area contributed by atoms with Gasteiger partial charge in [0.25, 0.3) is 0 Å². The number of likely N-dealkylation sites (N-methyl/N-ethyl adjacent to an activating group) is 1. The maximum absolute atomic E-state index is 10.5. The van der Waals surface area contributed by atoms with Crippen molar-refractivity contribution in [3.63, 3.8) is 0 Å². The van der Waals surface area contributed by atoms with Gasteiger partial charge in [-0.2, -0.15) is 5.26 Å². The molecular weight excluding hydrogens is 432 g/mol. The first kappa shape index (κ1) is 29.5. The van der Waals surface area contributed by atoms with E-state index in [4.69, 9.17) is 11.0 Å². The number of carbonyl (C=O) groups excluding carboxylic acids is 1. The topological polar surface area (TPSA) is 73.4 Å². The Hall–Kier alpha value is -1.74. The molecule has 0 saturated heterocycles. The summed E-state index contributed by atoms with van der Waals surface area (Å²) in [4.78, 5) is 14.9. The molecule has 0 aromatic heterocycles. The monoisotopic (exact) mass is 482 g/mol. The average Bonchev–Trinajstić information content (AvgIpc) is 2.90. The number of nitrogens with two attached hydrogens (primary N) is 1. The van der Waals surface area contributed by atoms with Gasteiger partial charge < -0.3 is 10.6 Å². The Labute approximate surface area is 215 Å². The van der Waals surface area contributed by atoms with Crippen molar-refractivity contribution in [2.75, 3.05) is 28.2 Å². The molecule has 0 aliphatic heterocycles. The molecule has 5 nitrogen and oxygen atoms in total. The van der Waals surface area contributed by atoms with E-state index in [1.807, 2.05) is 14.1 Å². The molecule has 5 heteroatoms. The van der Waals surface area contributed by atoms with E-state index in [9.17, 15) is 4.79 Å². The Balaban J connectivity index is 0.000000205. The third-order valence-electron chi connectivity index (χ3n) is 8.50. The lowest BCUT2D eigenvalue weighted by Crippen LogP contribution is -2.53. The Bertz CT molecular complexity index is 763. The number of carbonyl (C=O) groups is 1. The Morgan fingerprint density at radius 2 is 1.26 bits per heavy atom. The summed E-state index contributed by atoms with van der Waals surface area (Å²) in [5, 5.41) is 9.02. The van der Waals surface area contributed by atoms with Gasteiger partial charge in [0.15, 0.2) is 0 Å². The molecule has 1 unspecified atom stereocenters. The first-order valence-electron chi connectivity index (χ1n) is 13.9. The molecule has 1 aromatic carbocycles. The van der Waals surface area contributed by atoms with Crippen molar-refractivity contribution in [2.24, 2.45) is 5.73 Å². The van der Waals surface area contributed by atoms with Crippen molar-refractivity contribution < 1.29 is 4.79 Å². The number of benzene rings is 1. The zero-order chi connectivity index (χ0) is 25.7. The van der Waals surface area contributed by atoms with Gasteiger partial charge in [0.05, 0.1) is 6.07 Å². The molecule has 0 bridgehead atoms. The van der Waals surface area contributed by atoms with Gasteiger partial charge in [0, 0.05) is 24.4 Å². The number of hydrogen-bond donors (Lipinski definition) is 1. The smallest absolute Gasteiger partial charge is 0.132 e. The molecule has 3 aliphatic rings. The molecule has 0 radical (unpaired) electrons. The van der Waals surface area contributed by atoms with Gasteiger partial charge in [0.2, 0.25) is 0 Å². The fourth-order valence-electron chi connectivity index (χ4n) is 5.91. The summed E-state index contributed by atoms with van der Waals surface area (Å²) in [7, 11) is 8.37. The lowest BCUT2D eigenvalue weighted by atomic mass is 9.73. The Kier molecular flexibility index (Phi) is 12.4. The third-order valence-corrected chi connectivity index (χ3v) is 8.50. The molecule has 3 fully saturated rings. The van der Waals surface area contributed by atoms with Crippen LogP contribution in [0.1, 0.15) is 108 Å². The highest BCUT2D eigenvalue weighted by molar-refractivity contribution is 5.78. The second-order valence-corrected chi connectivity index (χ2v) is 11.1. The van der Waals surface area contributed by atoms with E-state index in [2.05, 4.69) is 60.3 Å². The summed E-state index contributed by atoms with van der Waals surface area (Å²) in [5.41, 5.74) is 7.84. The summed E-state index contributed by atoms with van der Waals surface area (Å²) in [6.07, 6.45) is 17.5. The molecule has 0 spiro atoms. The van der Waals surface area contributed by atoms with Crippen LogP contribution in [0.5, 0.6) is 0 Å². The highest BCUT2D eigenvalue weighted by Crippen LogP contribution is 2.40. The Morgan fingerprint density at radius 3 is 1.63 bits per heavy atom. The Morgan fingerprint density at radius 1 is 0.771 bits per heavy atom. The minimum atomic E-state index is -0.141. The summed E-state index contributed by atoms with van der Waals surface area (Å²) in [6, 6.07) is 13.1. The molecule has 1 atom stereocenters. The van der Waals surface area contributed by atoms with Crippen molar-refractivity contribution >= 4 is 5.78 Å². The molecule has 4 rings (SSSR count). The molecule has 3 aliphatic carbocycles. The van der Waals surface area contributed by atoms with E-state index >= 15 is 0 Å². The van der Waals surface area contributed by atoms with Gasteiger partial charge in [-0.05, 0) is 72.3 Å². The predicted molar refractivity (Wildman–Crippen MR) is 146 cm³/mol. The zero-order valence-corrected chi connectivity index (χ0v) is 22.9. The fourth-order valence-corrected chi connectivity index (χ4v) is 5.91. The fraction of sp³-hybridized carbons (Fsp3) is 0.733. The first-order chi connectivity index (χ1) is 16.8. The lowest BCUT2D eigenvalue weighted by Gasteiger charge is -2.47. The first-order valence-corrected chi connectivity index (χ1v) is 13.9. The van der Waals surface area contributed by atoms with Crippen LogP contribution in [0.4, 0.5) is 0 Å². The number of nitriles is 1. The maximum Gasteiger partial charge on any atom is 0.132 e. The van der Waals surface area contributed by atoms with Crippen LogP contribution in [-0.2, 0) is 4.79 Å². The molecule has 0 heterocycles. The molecule has 3 saturated carbocycles. The minimum Gasteiger partial charge on any atom is -0.322 e. The molecule has 35 heavy (non-hydrogen) atoms. The molecule has 1 aromatic rings. The lowest BCUT2D eigenvalue weighted by molar-refractivity contribution is -0.120. The van der Waals surface area contributed by atoms with E-state index < -0.39 is 0 Å². The SMILES string of the molecule is CN(C)C1(C#N)CCCCC1.CN(C)C1(C(N)c2ccccc2)CCCCC1.O=C1CCCCC1. The quantitative estimate of drug-likeness (QED) is 0.549. The van der Waals surface area contributed by atoms with Crippen molar-refractivity contribution in [3.8, 4) is 6.07 Å². The van der Waals surface area contributed by atoms with Gasteiger partial charge in [-0.15, -0.1) is 0 Å². The predicted octanol–water partition coefficient (Wildman–Crippen LogP) is 6.24. The van der Waals surface area contributed by atoms with Crippen LogP contribution in [0.3, 0.4) is 0 Å².